The van der Waals surface area contributed by atoms with Crippen LogP contribution >= 0.6 is 23.8 Å². The van der Waals surface area contributed by atoms with E-state index in [4.69, 9.17) is 29.6 Å². The van der Waals surface area contributed by atoms with Crippen LogP contribution in [0, 0.1) is 5.92 Å². The molecule has 0 amide bonds. The van der Waals surface area contributed by atoms with E-state index in [2.05, 4.69) is 11.6 Å². The lowest BCUT2D eigenvalue weighted by molar-refractivity contribution is 0.289. The maximum absolute atomic E-state index is 12.5. The van der Waals surface area contributed by atoms with E-state index in [-0.39, 0.29) is 9.88 Å². The van der Waals surface area contributed by atoms with Gasteiger partial charge in [-0.2, -0.15) is 4.72 Å². The molecule has 3 N–H and O–H groups in total. The summed E-state index contributed by atoms with van der Waals surface area (Å²) in [6.45, 7) is 2.15. The molecule has 116 valence electrons. The summed E-state index contributed by atoms with van der Waals surface area (Å²) in [7, 11) is -3.67. The van der Waals surface area contributed by atoms with E-state index in [9.17, 15) is 8.42 Å². The summed E-state index contributed by atoms with van der Waals surface area (Å²) < 4.78 is 27.8. The van der Waals surface area contributed by atoms with Crippen LogP contribution in [0.25, 0.3) is 0 Å². The summed E-state index contributed by atoms with van der Waals surface area (Å²) in [6, 6.07) is 6.05. The van der Waals surface area contributed by atoms with Gasteiger partial charge in [0.25, 0.3) is 0 Å². The molecule has 0 spiro atoms. The van der Waals surface area contributed by atoms with Crippen LogP contribution < -0.4 is 10.5 Å². The van der Waals surface area contributed by atoms with E-state index in [1.54, 1.807) is 12.1 Å². The monoisotopic (exact) mass is 346 g/mol. The first-order valence-electron chi connectivity index (χ1n) is 6.85. The highest BCUT2D eigenvalue weighted by molar-refractivity contribution is 7.89. The fraction of sp³-hybridized carbons (Fsp3) is 0.500. The van der Waals surface area contributed by atoms with E-state index in [0.717, 1.165) is 12.8 Å². The third-order valence-electron chi connectivity index (χ3n) is 4.05. The molecule has 1 aliphatic rings. The Morgan fingerprint density at radius 1 is 1.33 bits per heavy atom. The maximum Gasteiger partial charge on any atom is 0.241 e. The van der Waals surface area contributed by atoms with Crippen LogP contribution in [0.15, 0.2) is 29.2 Å². The van der Waals surface area contributed by atoms with Crippen molar-refractivity contribution in [3.8, 4) is 0 Å². The zero-order chi connectivity index (χ0) is 15.7. The number of hydrogen-bond donors (Lipinski definition) is 2. The van der Waals surface area contributed by atoms with Crippen LogP contribution in [0.2, 0.25) is 5.02 Å². The third kappa shape index (κ3) is 3.74. The Morgan fingerprint density at radius 2 is 1.86 bits per heavy atom. The van der Waals surface area contributed by atoms with Crippen molar-refractivity contribution in [2.45, 2.75) is 43.0 Å². The number of benzene rings is 1. The average molecular weight is 347 g/mol. The molecule has 0 saturated heterocycles. The quantitative estimate of drug-likeness (QED) is 0.822. The Kier molecular flexibility index (Phi) is 4.92. The van der Waals surface area contributed by atoms with Crippen LogP contribution in [0.1, 0.15) is 32.6 Å². The minimum Gasteiger partial charge on any atom is -0.392 e. The number of sulfonamides is 1. The minimum absolute atomic E-state index is 0.168. The van der Waals surface area contributed by atoms with E-state index in [1.165, 1.54) is 12.1 Å². The molecule has 0 radical (unpaired) electrons. The normalized spacial score (nSPS) is 26.5. The van der Waals surface area contributed by atoms with Crippen molar-refractivity contribution < 1.29 is 8.42 Å². The summed E-state index contributed by atoms with van der Waals surface area (Å²) in [6.07, 6.45) is 3.08. The fourth-order valence-corrected chi connectivity index (χ4v) is 4.47. The molecule has 0 heterocycles. The van der Waals surface area contributed by atoms with E-state index < -0.39 is 15.6 Å². The Morgan fingerprint density at radius 3 is 2.33 bits per heavy atom. The van der Waals surface area contributed by atoms with Crippen LogP contribution in [-0.4, -0.2) is 18.9 Å². The molecule has 0 aliphatic heterocycles. The van der Waals surface area contributed by atoms with Crippen molar-refractivity contribution in [1.29, 1.82) is 0 Å². The van der Waals surface area contributed by atoms with Crippen molar-refractivity contribution in [3.05, 3.63) is 29.3 Å². The lowest BCUT2D eigenvalue weighted by Gasteiger charge is -2.38. The number of hydrogen-bond acceptors (Lipinski definition) is 3. The minimum atomic E-state index is -3.67. The molecule has 0 unspecified atom stereocenters. The largest absolute Gasteiger partial charge is 0.392 e. The van der Waals surface area contributed by atoms with Crippen molar-refractivity contribution in [2.75, 3.05) is 0 Å². The molecule has 0 atom stereocenters. The molecule has 1 fully saturated rings. The predicted molar refractivity (Wildman–Crippen MR) is 88.9 cm³/mol. The second-order valence-corrected chi connectivity index (χ2v) is 8.25. The summed E-state index contributed by atoms with van der Waals surface area (Å²) >= 11 is 10.9. The van der Waals surface area contributed by atoms with Gasteiger partial charge in [0.15, 0.2) is 0 Å². The lowest BCUT2D eigenvalue weighted by Crippen LogP contribution is -2.58. The first kappa shape index (κ1) is 16.7. The predicted octanol–water partition coefficient (Wildman–Crippen LogP) is 2.85. The van der Waals surface area contributed by atoms with Crippen molar-refractivity contribution >= 4 is 38.8 Å². The molecule has 0 aromatic heterocycles. The van der Waals surface area contributed by atoms with Crippen LogP contribution in [0.3, 0.4) is 0 Å². The third-order valence-corrected chi connectivity index (χ3v) is 6.25. The van der Waals surface area contributed by atoms with Crippen LogP contribution in [0.4, 0.5) is 0 Å². The highest BCUT2D eigenvalue weighted by Gasteiger charge is 2.40. The number of thiocarbonyl (C=S) groups is 1. The second kappa shape index (κ2) is 6.20. The van der Waals surface area contributed by atoms with Gasteiger partial charge in [-0.1, -0.05) is 30.7 Å². The Labute approximate surface area is 136 Å². The zero-order valence-corrected chi connectivity index (χ0v) is 14.2. The smallest absolute Gasteiger partial charge is 0.241 e. The summed E-state index contributed by atoms with van der Waals surface area (Å²) in [5, 5.41) is 0.490. The Hall–Kier alpha value is -0.690. The van der Waals surface area contributed by atoms with Gasteiger partial charge < -0.3 is 5.73 Å². The van der Waals surface area contributed by atoms with Crippen molar-refractivity contribution in [3.63, 3.8) is 0 Å². The number of nitrogens with two attached hydrogens (primary N) is 1. The summed E-state index contributed by atoms with van der Waals surface area (Å²) in [5.74, 6) is 0.563. The zero-order valence-electron chi connectivity index (χ0n) is 11.8. The molecule has 21 heavy (non-hydrogen) atoms. The van der Waals surface area contributed by atoms with Crippen molar-refractivity contribution in [2.24, 2.45) is 11.7 Å². The molecular formula is C14H19ClN2O2S2. The van der Waals surface area contributed by atoms with Gasteiger partial charge >= 0.3 is 0 Å². The average Bonchev–Trinajstić information content (AvgIpc) is 2.41. The lowest BCUT2D eigenvalue weighted by atomic mass is 9.78. The van der Waals surface area contributed by atoms with Gasteiger partial charge in [-0.05, 0) is 55.9 Å². The number of halogens is 1. The first-order chi connectivity index (χ1) is 9.75. The fourth-order valence-electron chi connectivity index (χ4n) is 2.58. The Bertz CT molecular complexity index is 621. The van der Waals surface area contributed by atoms with Gasteiger partial charge in [0, 0.05) is 5.02 Å². The van der Waals surface area contributed by atoms with E-state index >= 15 is 0 Å². The molecule has 1 aliphatic carbocycles. The molecule has 7 heteroatoms. The number of rotatable bonds is 4. The second-order valence-electron chi connectivity index (χ2n) is 5.69. The molecule has 4 nitrogen and oxygen atoms in total. The standard InChI is InChI=1S/C14H19ClN2O2S2/c1-10-6-8-14(9-7-10,13(16)20)17-21(18,19)12-4-2-11(15)3-5-12/h2-5,10,17H,6-9H2,1H3,(H2,16,20). The van der Waals surface area contributed by atoms with Crippen LogP contribution in [0.5, 0.6) is 0 Å². The maximum atomic E-state index is 12.5. The summed E-state index contributed by atoms with van der Waals surface area (Å²) in [5.41, 5.74) is 5.02. The molecule has 2 rings (SSSR count). The SMILES string of the molecule is CC1CCC(NS(=O)(=O)c2ccc(Cl)cc2)(C(N)=S)CC1. The number of nitrogens with one attached hydrogen (secondary N) is 1. The van der Waals surface area contributed by atoms with E-state index in [0.29, 0.717) is 23.8 Å². The molecular weight excluding hydrogens is 328 g/mol. The van der Waals surface area contributed by atoms with Gasteiger partial charge in [0.05, 0.1) is 15.4 Å². The van der Waals surface area contributed by atoms with Gasteiger partial charge in [-0.15, -0.1) is 0 Å². The van der Waals surface area contributed by atoms with Gasteiger partial charge in [0.1, 0.15) is 0 Å². The van der Waals surface area contributed by atoms with Gasteiger partial charge in [-0.25, -0.2) is 8.42 Å². The highest BCUT2D eigenvalue weighted by Crippen LogP contribution is 2.33. The molecule has 1 saturated carbocycles. The van der Waals surface area contributed by atoms with Gasteiger partial charge in [-0.3, -0.25) is 0 Å². The summed E-state index contributed by atoms with van der Waals surface area (Å²) in [4.78, 5) is 0.382. The first-order valence-corrected chi connectivity index (χ1v) is 9.12. The topological polar surface area (TPSA) is 72.2 Å². The molecule has 1 aromatic rings. The molecule has 0 bridgehead atoms. The molecule has 1 aromatic carbocycles. The van der Waals surface area contributed by atoms with Crippen molar-refractivity contribution in [1.82, 2.24) is 4.72 Å². The Balaban J connectivity index is 2.28. The highest BCUT2D eigenvalue weighted by atomic mass is 35.5. The van der Waals surface area contributed by atoms with Gasteiger partial charge in [0.2, 0.25) is 10.0 Å². The van der Waals surface area contributed by atoms with Crippen LogP contribution in [-0.2, 0) is 10.0 Å². The van der Waals surface area contributed by atoms with E-state index in [1.807, 2.05) is 0 Å².